The first-order valence-electron chi connectivity index (χ1n) is 7.68. The maximum absolute atomic E-state index is 5.32. The second-order valence-electron chi connectivity index (χ2n) is 5.66. The topological polar surface area (TPSA) is 39.1 Å². The molecule has 1 fully saturated rings. The molecule has 1 unspecified atom stereocenters. The molecule has 0 amide bonds. The van der Waals surface area contributed by atoms with Gasteiger partial charge in [0.1, 0.15) is 0 Å². The predicted molar refractivity (Wildman–Crippen MR) is 83.5 cm³/mol. The van der Waals surface area contributed by atoms with E-state index in [1.165, 1.54) is 18.4 Å². The number of nitrogens with zero attached hydrogens (tertiary/aromatic N) is 2. The van der Waals surface area contributed by atoms with Gasteiger partial charge in [-0.3, -0.25) is 0 Å². The van der Waals surface area contributed by atoms with Crippen molar-refractivity contribution in [2.45, 2.75) is 32.4 Å². The lowest BCUT2D eigenvalue weighted by atomic mass is 10.1. The van der Waals surface area contributed by atoms with Crippen LogP contribution in [0.4, 0.5) is 0 Å². The maximum Gasteiger partial charge on any atom is 0.218 e. The molecule has 1 aliphatic carbocycles. The van der Waals surface area contributed by atoms with E-state index in [2.05, 4.69) is 46.3 Å². The lowest BCUT2D eigenvalue weighted by molar-refractivity contribution is 0.391. The van der Waals surface area contributed by atoms with E-state index in [1.807, 2.05) is 6.07 Å². The van der Waals surface area contributed by atoms with Crippen LogP contribution in [-0.2, 0) is 6.54 Å². The Bertz CT molecular complexity index is 589. The maximum atomic E-state index is 5.32. The SMILES string of the molecule is CCNC(c1ccn(Cc2cccnc2OC)c1)C1CC1. The van der Waals surface area contributed by atoms with Crippen LogP contribution >= 0.6 is 0 Å². The van der Waals surface area contributed by atoms with Crippen LogP contribution in [0.3, 0.4) is 0 Å². The number of rotatable bonds is 7. The van der Waals surface area contributed by atoms with Crippen LogP contribution < -0.4 is 10.1 Å². The lowest BCUT2D eigenvalue weighted by Crippen LogP contribution is -2.22. The van der Waals surface area contributed by atoms with Crippen molar-refractivity contribution in [1.29, 1.82) is 0 Å². The van der Waals surface area contributed by atoms with Gasteiger partial charge in [0, 0.05) is 30.2 Å². The molecule has 3 rings (SSSR count). The predicted octanol–water partition coefficient (Wildman–Crippen LogP) is 3.00. The highest BCUT2D eigenvalue weighted by atomic mass is 16.5. The quantitative estimate of drug-likeness (QED) is 0.850. The standard InChI is InChI=1S/C17H23N3O/c1-3-18-16(13-6-7-13)14-8-10-20(11-14)12-15-5-4-9-19-17(15)21-2/h4-5,8-11,13,16,18H,3,6-7,12H2,1-2H3. The Morgan fingerprint density at radius 3 is 3.00 bits per heavy atom. The minimum absolute atomic E-state index is 0.507. The molecule has 1 saturated carbocycles. The summed E-state index contributed by atoms with van der Waals surface area (Å²) in [4.78, 5) is 4.26. The third-order valence-corrected chi connectivity index (χ3v) is 4.05. The molecule has 1 N–H and O–H groups in total. The molecule has 0 aromatic carbocycles. The van der Waals surface area contributed by atoms with Gasteiger partial charge in [-0.2, -0.15) is 0 Å². The van der Waals surface area contributed by atoms with Crippen molar-refractivity contribution in [3.63, 3.8) is 0 Å². The van der Waals surface area contributed by atoms with Crippen LogP contribution in [0.5, 0.6) is 5.88 Å². The van der Waals surface area contributed by atoms with Gasteiger partial charge in [0.25, 0.3) is 0 Å². The van der Waals surface area contributed by atoms with E-state index in [9.17, 15) is 0 Å². The number of hydrogen-bond donors (Lipinski definition) is 1. The van der Waals surface area contributed by atoms with E-state index in [0.717, 1.165) is 24.6 Å². The summed E-state index contributed by atoms with van der Waals surface area (Å²) >= 11 is 0. The molecule has 112 valence electrons. The second-order valence-corrected chi connectivity index (χ2v) is 5.66. The molecular formula is C17H23N3O. The highest BCUT2D eigenvalue weighted by molar-refractivity contribution is 5.27. The van der Waals surface area contributed by atoms with E-state index in [4.69, 9.17) is 4.74 Å². The number of hydrogen-bond acceptors (Lipinski definition) is 3. The largest absolute Gasteiger partial charge is 0.481 e. The van der Waals surface area contributed by atoms with Crippen LogP contribution in [0.1, 0.15) is 36.9 Å². The van der Waals surface area contributed by atoms with Crippen LogP contribution in [0, 0.1) is 5.92 Å². The average Bonchev–Trinajstić information content (AvgIpc) is 3.25. The zero-order chi connectivity index (χ0) is 14.7. The Balaban J connectivity index is 1.75. The highest BCUT2D eigenvalue weighted by Gasteiger charge is 2.32. The van der Waals surface area contributed by atoms with Gasteiger partial charge < -0.3 is 14.6 Å². The van der Waals surface area contributed by atoms with E-state index in [0.29, 0.717) is 11.9 Å². The van der Waals surface area contributed by atoms with Gasteiger partial charge in [-0.25, -0.2) is 4.98 Å². The van der Waals surface area contributed by atoms with Crippen molar-refractivity contribution in [2.75, 3.05) is 13.7 Å². The molecule has 1 aliphatic rings. The highest BCUT2D eigenvalue weighted by Crippen LogP contribution is 2.41. The summed E-state index contributed by atoms with van der Waals surface area (Å²) in [5.41, 5.74) is 2.50. The van der Waals surface area contributed by atoms with Gasteiger partial charge >= 0.3 is 0 Å². The molecule has 0 radical (unpaired) electrons. The van der Waals surface area contributed by atoms with E-state index in [1.54, 1.807) is 13.3 Å². The fourth-order valence-corrected chi connectivity index (χ4v) is 2.87. The zero-order valence-electron chi connectivity index (χ0n) is 12.7. The fraction of sp³-hybridized carbons (Fsp3) is 0.471. The normalized spacial score (nSPS) is 15.9. The van der Waals surface area contributed by atoms with Crippen LogP contribution in [0.2, 0.25) is 0 Å². The minimum atomic E-state index is 0.507. The number of methoxy groups -OCH3 is 1. The van der Waals surface area contributed by atoms with Crippen LogP contribution in [0.15, 0.2) is 36.8 Å². The zero-order valence-corrected chi connectivity index (χ0v) is 12.7. The first-order chi connectivity index (χ1) is 10.3. The molecule has 4 heteroatoms. The van der Waals surface area contributed by atoms with Crippen molar-refractivity contribution in [3.8, 4) is 5.88 Å². The summed E-state index contributed by atoms with van der Waals surface area (Å²) in [6, 6.07) is 6.75. The minimum Gasteiger partial charge on any atom is -0.481 e. The smallest absolute Gasteiger partial charge is 0.218 e. The number of nitrogens with one attached hydrogen (secondary N) is 1. The number of aromatic nitrogens is 2. The summed E-state index contributed by atoms with van der Waals surface area (Å²) in [5, 5.41) is 3.61. The number of ether oxygens (including phenoxy) is 1. The Labute approximate surface area is 126 Å². The van der Waals surface area contributed by atoms with Gasteiger partial charge in [0.15, 0.2) is 0 Å². The van der Waals surface area contributed by atoms with Gasteiger partial charge in [0.05, 0.1) is 13.7 Å². The van der Waals surface area contributed by atoms with Crippen molar-refractivity contribution < 1.29 is 4.74 Å². The first-order valence-corrected chi connectivity index (χ1v) is 7.68. The van der Waals surface area contributed by atoms with E-state index >= 15 is 0 Å². The van der Waals surface area contributed by atoms with Gasteiger partial charge in [-0.1, -0.05) is 13.0 Å². The lowest BCUT2D eigenvalue weighted by Gasteiger charge is -2.15. The Morgan fingerprint density at radius 2 is 2.29 bits per heavy atom. The Hall–Kier alpha value is -1.81. The fourth-order valence-electron chi connectivity index (χ4n) is 2.87. The Morgan fingerprint density at radius 1 is 1.43 bits per heavy atom. The molecule has 1 atom stereocenters. The summed E-state index contributed by atoms with van der Waals surface area (Å²) in [5.74, 6) is 1.52. The molecule has 0 bridgehead atoms. The molecule has 0 aliphatic heterocycles. The molecular weight excluding hydrogens is 262 g/mol. The molecule has 2 aromatic rings. The Kier molecular flexibility index (Phi) is 4.25. The molecule has 2 heterocycles. The third kappa shape index (κ3) is 3.27. The van der Waals surface area contributed by atoms with Crippen molar-refractivity contribution in [1.82, 2.24) is 14.9 Å². The summed E-state index contributed by atoms with van der Waals surface area (Å²) in [7, 11) is 1.67. The monoisotopic (exact) mass is 285 g/mol. The summed E-state index contributed by atoms with van der Waals surface area (Å²) in [6.45, 7) is 3.98. The first kappa shape index (κ1) is 14.1. The second kappa shape index (κ2) is 6.31. The summed E-state index contributed by atoms with van der Waals surface area (Å²) < 4.78 is 7.53. The molecule has 0 saturated heterocycles. The van der Waals surface area contributed by atoms with E-state index < -0.39 is 0 Å². The van der Waals surface area contributed by atoms with Crippen molar-refractivity contribution in [2.24, 2.45) is 5.92 Å². The van der Waals surface area contributed by atoms with Crippen LogP contribution in [0.25, 0.3) is 0 Å². The molecule has 2 aromatic heterocycles. The average molecular weight is 285 g/mol. The van der Waals surface area contributed by atoms with Gasteiger partial charge in [-0.05, 0) is 43.0 Å². The third-order valence-electron chi connectivity index (χ3n) is 4.05. The molecule has 4 nitrogen and oxygen atoms in total. The van der Waals surface area contributed by atoms with Gasteiger partial charge in [-0.15, -0.1) is 0 Å². The van der Waals surface area contributed by atoms with E-state index in [-0.39, 0.29) is 0 Å². The van der Waals surface area contributed by atoms with Gasteiger partial charge in [0.2, 0.25) is 5.88 Å². The van der Waals surface area contributed by atoms with Crippen LogP contribution in [-0.4, -0.2) is 23.2 Å². The van der Waals surface area contributed by atoms with Crippen molar-refractivity contribution >= 4 is 0 Å². The number of pyridine rings is 1. The van der Waals surface area contributed by atoms with Crippen molar-refractivity contribution in [3.05, 3.63) is 47.9 Å². The molecule has 21 heavy (non-hydrogen) atoms. The summed E-state index contributed by atoms with van der Waals surface area (Å²) in [6.07, 6.45) is 8.85. The molecule has 0 spiro atoms.